The smallest absolute Gasteiger partial charge is 0 e. The molecule has 0 aromatic heterocycles. The maximum atomic E-state index is 9.00. The van der Waals surface area contributed by atoms with Crippen LogP contribution in [0.3, 0.4) is 0 Å². The van der Waals surface area contributed by atoms with Gasteiger partial charge in [-0.25, -0.2) is 0 Å². The Morgan fingerprint density at radius 1 is 0.609 bits per heavy atom. The Morgan fingerprint density at radius 2 is 0.652 bits per heavy atom. The van der Waals surface area contributed by atoms with Gasteiger partial charge < -0.3 is 31.9 Å². The van der Waals surface area contributed by atoms with Gasteiger partial charge >= 0.3 is 59.1 Å². The first-order valence-electron chi connectivity index (χ1n) is 5.03. The number of nitrogens with two attached hydrogens (primary N) is 2. The summed E-state index contributed by atoms with van der Waals surface area (Å²) in [5, 5.41) is 29.7. The molecule has 130 valence electrons. The summed E-state index contributed by atoms with van der Waals surface area (Å²) < 4.78 is 0. The second-order valence-corrected chi connectivity index (χ2v) is 2.65. The van der Waals surface area contributed by atoms with Gasteiger partial charge in [0.2, 0.25) is 0 Å². The van der Waals surface area contributed by atoms with Crippen LogP contribution in [0.25, 0.3) is 0 Å². The molecule has 0 aromatic carbocycles. The molecule has 0 fully saturated rings. The van der Waals surface area contributed by atoms with Crippen LogP contribution in [0.5, 0.6) is 0 Å². The van der Waals surface area contributed by atoms with Crippen molar-refractivity contribution in [1.29, 1.82) is 0 Å². The number of carboxylic acid groups (broad SMARTS) is 4. The van der Waals surface area contributed by atoms with Crippen molar-refractivity contribution in [2.75, 3.05) is 13.1 Å². The average molecular weight is 556 g/mol. The summed E-state index contributed by atoms with van der Waals surface area (Å²) in [5.41, 5.74) is 9.81. The van der Waals surface area contributed by atoms with Crippen molar-refractivity contribution >= 4 is 110 Å². The van der Waals surface area contributed by atoms with Gasteiger partial charge in [-0.1, -0.05) is 0 Å². The van der Waals surface area contributed by atoms with Crippen LogP contribution in [-0.4, -0.2) is 144 Å². The molecule has 10 nitrogen and oxygen atoms in total. The van der Waals surface area contributed by atoms with Gasteiger partial charge in [0.25, 0.3) is 23.9 Å². The molecule has 0 rings (SSSR count). The fourth-order valence-corrected chi connectivity index (χ4v) is 0. The number of aliphatic carboxylic acids is 4. The average Bonchev–Trinajstić information content (AvgIpc) is 2.13. The molecule has 0 amide bonds. The van der Waals surface area contributed by atoms with Crippen LogP contribution in [0.4, 0.5) is 0 Å². The summed E-state index contributed by atoms with van der Waals surface area (Å²) in [5.74, 6) is -3.33. The zero-order valence-corrected chi connectivity index (χ0v) is 16.4. The summed E-state index contributed by atoms with van der Waals surface area (Å²) in [4.78, 5) is 36.0. The number of carboxylic acids is 4. The van der Waals surface area contributed by atoms with E-state index < -0.39 is 23.9 Å². The van der Waals surface area contributed by atoms with Gasteiger partial charge in [0.15, 0.2) is 0 Å². The Hall–Kier alpha value is 0.722. The van der Waals surface area contributed by atoms with E-state index >= 15 is 0 Å². The van der Waals surface area contributed by atoms with Crippen LogP contribution in [-0.2, 0) is 19.2 Å². The molecule has 23 heavy (non-hydrogen) atoms. The summed E-state index contributed by atoms with van der Waals surface area (Å²) in [6.45, 7) is 5.53. The van der Waals surface area contributed by atoms with Gasteiger partial charge in [-0.2, -0.15) is 0 Å². The van der Waals surface area contributed by atoms with Gasteiger partial charge in [-0.3, -0.25) is 19.2 Å². The van der Waals surface area contributed by atoms with Crippen LogP contribution >= 0.6 is 0 Å². The molecule has 0 unspecified atom stereocenters. The molecule has 0 aromatic rings. The predicted octanol–water partition coefficient (Wildman–Crippen LogP) is -2.41. The molecule has 0 atom stereocenters. The summed E-state index contributed by atoms with van der Waals surface area (Å²) in [7, 11) is 0. The fourth-order valence-electron chi connectivity index (χ4n) is 0. The molecule has 13 heteroatoms. The molecule has 0 bridgehead atoms. The van der Waals surface area contributed by atoms with Gasteiger partial charge in [0.1, 0.15) is 0 Å². The molecule has 0 aliphatic carbocycles. The Balaban J connectivity index is -0.0000000197. The molecular weight excluding hydrogens is 529 g/mol. The quantitative estimate of drug-likeness (QED) is 0.189. The topological polar surface area (TPSA) is 201 Å². The zero-order chi connectivity index (χ0) is 17.7. The van der Waals surface area contributed by atoms with Crippen molar-refractivity contribution in [2.24, 2.45) is 11.5 Å². The molecular formula is C10H26N2Na2O8Pb. The van der Waals surface area contributed by atoms with E-state index in [-0.39, 0.29) is 86.4 Å². The number of hydrogen-bond donors (Lipinski definition) is 6. The van der Waals surface area contributed by atoms with Crippen molar-refractivity contribution in [2.45, 2.75) is 27.7 Å². The van der Waals surface area contributed by atoms with E-state index in [0.717, 1.165) is 27.7 Å². The van der Waals surface area contributed by atoms with Gasteiger partial charge in [0.05, 0.1) is 0 Å². The predicted molar refractivity (Wildman–Crippen MR) is 91.4 cm³/mol. The third-order valence-corrected chi connectivity index (χ3v) is 0.167. The van der Waals surface area contributed by atoms with E-state index in [4.69, 9.17) is 51.1 Å². The third-order valence-electron chi connectivity index (χ3n) is 0.167. The number of carbonyl (C=O) groups is 4. The summed E-state index contributed by atoms with van der Waals surface area (Å²) in [6.07, 6.45) is 0. The molecule has 0 heterocycles. The van der Waals surface area contributed by atoms with Crippen LogP contribution in [0.15, 0.2) is 0 Å². The van der Waals surface area contributed by atoms with Gasteiger partial charge in [0, 0.05) is 68.1 Å². The van der Waals surface area contributed by atoms with E-state index in [0.29, 0.717) is 13.1 Å². The second kappa shape index (κ2) is 49.5. The van der Waals surface area contributed by atoms with Crippen LogP contribution < -0.4 is 11.5 Å². The van der Waals surface area contributed by atoms with Crippen molar-refractivity contribution in [3.8, 4) is 0 Å². The van der Waals surface area contributed by atoms with Crippen molar-refractivity contribution < 1.29 is 39.6 Å². The third kappa shape index (κ3) is 3290. The van der Waals surface area contributed by atoms with E-state index in [9.17, 15) is 0 Å². The van der Waals surface area contributed by atoms with E-state index in [1.54, 1.807) is 0 Å². The molecule has 4 radical (unpaired) electrons. The minimum atomic E-state index is -0.833. The standard InChI is InChI=1S/C2H8N2.4C2H4O2.2Na.Pb.2H/c3-1-2-4;4*1-2(3)4;;;;;/h1-4H2;4*1H3,(H,3,4);;;;;. The SMILES string of the molecule is CC(=O)O.CC(=O)O.CC(=O)O.CC(=O)O.NCCN.[NaH].[NaH].[Pb]. The monoisotopic (exact) mass is 556 g/mol. The molecule has 8 N–H and O–H groups in total. The summed E-state index contributed by atoms with van der Waals surface area (Å²) in [6, 6.07) is 0. The molecule has 0 aliphatic heterocycles. The first-order chi connectivity index (χ1) is 8.84. The van der Waals surface area contributed by atoms with E-state index in [1.165, 1.54) is 0 Å². The molecule has 0 spiro atoms. The van der Waals surface area contributed by atoms with Crippen LogP contribution in [0, 0.1) is 0 Å². The Kier molecular flexibility index (Phi) is 107. The maximum Gasteiger partial charge on any atom is 0 e. The minimum Gasteiger partial charge on any atom is 0 e. The Labute approximate surface area is 200 Å². The van der Waals surface area contributed by atoms with Crippen molar-refractivity contribution in [3.05, 3.63) is 0 Å². The van der Waals surface area contributed by atoms with E-state index in [1.807, 2.05) is 0 Å². The van der Waals surface area contributed by atoms with Crippen molar-refractivity contribution in [1.82, 2.24) is 0 Å². The first kappa shape index (κ1) is 49.5. The van der Waals surface area contributed by atoms with E-state index in [2.05, 4.69) is 0 Å². The van der Waals surface area contributed by atoms with Crippen LogP contribution in [0.1, 0.15) is 27.7 Å². The first-order valence-corrected chi connectivity index (χ1v) is 5.03. The van der Waals surface area contributed by atoms with Gasteiger partial charge in [-0.05, 0) is 0 Å². The van der Waals surface area contributed by atoms with Gasteiger partial charge in [-0.15, -0.1) is 0 Å². The molecule has 0 aliphatic rings. The van der Waals surface area contributed by atoms with Crippen molar-refractivity contribution in [3.63, 3.8) is 0 Å². The van der Waals surface area contributed by atoms with Crippen LogP contribution in [0.2, 0.25) is 0 Å². The molecule has 0 saturated heterocycles. The maximum absolute atomic E-state index is 9.00. The minimum absolute atomic E-state index is 0. The number of rotatable bonds is 1. The normalized spacial score (nSPS) is 5.65. The Morgan fingerprint density at radius 3 is 0.652 bits per heavy atom. The zero-order valence-electron chi connectivity index (χ0n) is 12.5. The summed E-state index contributed by atoms with van der Waals surface area (Å²) >= 11 is 0. The second-order valence-electron chi connectivity index (χ2n) is 2.65. The fraction of sp³-hybridized carbons (Fsp3) is 0.600. The Bertz CT molecular complexity index is 205. The largest absolute Gasteiger partial charge is 0 e. The molecule has 0 saturated carbocycles. The number of hydrogen-bond acceptors (Lipinski definition) is 6.